The van der Waals surface area contributed by atoms with E-state index in [0.29, 0.717) is 6.54 Å². The average Bonchev–Trinajstić information content (AvgIpc) is 3.43. The summed E-state index contributed by atoms with van der Waals surface area (Å²) in [7, 11) is 0. The number of thiazole rings is 1. The molecule has 5 rings (SSSR count). The topological polar surface area (TPSA) is 58.6 Å². The van der Waals surface area contributed by atoms with Crippen LogP contribution in [0, 0.1) is 0 Å². The molecule has 0 radical (unpaired) electrons. The van der Waals surface area contributed by atoms with Gasteiger partial charge < -0.3 is 9.40 Å². The van der Waals surface area contributed by atoms with Crippen molar-refractivity contribution in [3.05, 3.63) is 76.5 Å². The van der Waals surface area contributed by atoms with Gasteiger partial charge >= 0.3 is 0 Å². The van der Waals surface area contributed by atoms with E-state index in [4.69, 9.17) is 9.52 Å². The molecule has 6 heteroatoms. The fourth-order valence-corrected chi connectivity index (χ4v) is 4.14. The lowest BCUT2D eigenvalue weighted by Gasteiger charge is -2.00. The first-order chi connectivity index (χ1) is 13.8. The van der Waals surface area contributed by atoms with Gasteiger partial charge in [0.25, 0.3) is 0 Å². The minimum atomic E-state index is 0.697. The molecule has 0 bridgehead atoms. The fraction of sp³-hybridized carbons (Fsp3) is 0.0909. The quantitative estimate of drug-likeness (QED) is 0.422. The molecule has 0 amide bonds. The van der Waals surface area contributed by atoms with Gasteiger partial charge in [0.15, 0.2) is 5.76 Å². The van der Waals surface area contributed by atoms with E-state index in [9.17, 15) is 0 Å². The van der Waals surface area contributed by atoms with Gasteiger partial charge in [-0.15, -0.1) is 11.3 Å². The van der Waals surface area contributed by atoms with Crippen LogP contribution >= 0.6 is 11.3 Å². The van der Waals surface area contributed by atoms with Crippen molar-refractivity contribution in [2.75, 3.05) is 6.54 Å². The van der Waals surface area contributed by atoms with Crippen LogP contribution in [0.2, 0.25) is 0 Å². The lowest BCUT2D eigenvalue weighted by Crippen LogP contribution is -2.12. The van der Waals surface area contributed by atoms with E-state index in [0.717, 1.165) is 43.7 Å². The molecule has 1 N–H and O–H groups in total. The summed E-state index contributed by atoms with van der Waals surface area (Å²) in [5, 5.41) is 9.01. The predicted octanol–water partition coefficient (Wildman–Crippen LogP) is 5.25. The molecule has 0 aliphatic heterocycles. The van der Waals surface area contributed by atoms with E-state index in [1.807, 2.05) is 71.9 Å². The Morgan fingerprint density at radius 2 is 2.00 bits per heavy atom. The highest BCUT2D eigenvalue weighted by atomic mass is 32.1. The Bertz CT molecular complexity index is 1330. The molecule has 5 nitrogen and oxygen atoms in total. The van der Waals surface area contributed by atoms with E-state index < -0.39 is 0 Å². The van der Waals surface area contributed by atoms with Gasteiger partial charge in [-0.3, -0.25) is 4.99 Å². The van der Waals surface area contributed by atoms with Gasteiger partial charge in [-0.2, -0.15) is 5.10 Å². The number of fused-ring (bicyclic) bond motifs is 2. The van der Waals surface area contributed by atoms with Gasteiger partial charge in [0.1, 0.15) is 11.3 Å². The molecule has 0 unspecified atom stereocenters. The van der Waals surface area contributed by atoms with Crippen molar-refractivity contribution in [3.63, 3.8) is 0 Å². The Morgan fingerprint density at radius 1 is 1.14 bits per heavy atom. The maximum atomic E-state index is 6.06. The van der Waals surface area contributed by atoms with Crippen molar-refractivity contribution in [1.29, 1.82) is 0 Å². The first-order valence-corrected chi connectivity index (χ1v) is 10.0. The molecule has 138 valence electrons. The molecule has 28 heavy (non-hydrogen) atoms. The zero-order valence-electron chi connectivity index (χ0n) is 15.3. The third-order valence-electron chi connectivity index (χ3n) is 4.59. The summed E-state index contributed by atoms with van der Waals surface area (Å²) in [6.45, 7) is 2.72. The molecular weight excluding hydrogens is 368 g/mol. The largest absolute Gasteiger partial charge is 0.454 e. The summed E-state index contributed by atoms with van der Waals surface area (Å²) < 4.78 is 7.91. The van der Waals surface area contributed by atoms with Crippen LogP contribution in [-0.4, -0.2) is 22.4 Å². The van der Waals surface area contributed by atoms with Crippen LogP contribution in [0.1, 0.15) is 12.5 Å². The van der Waals surface area contributed by atoms with Gasteiger partial charge in [0, 0.05) is 40.0 Å². The smallest absolute Gasteiger partial charge is 0.206 e. The highest BCUT2D eigenvalue weighted by Gasteiger charge is 2.12. The summed E-state index contributed by atoms with van der Waals surface area (Å²) in [4.78, 5) is 8.71. The Balaban J connectivity index is 1.63. The van der Waals surface area contributed by atoms with Crippen LogP contribution < -0.4 is 4.80 Å². The molecule has 0 spiro atoms. The molecule has 3 heterocycles. The number of rotatable bonds is 4. The monoisotopic (exact) mass is 386 g/mol. The van der Waals surface area contributed by atoms with Crippen LogP contribution in [0.25, 0.3) is 33.3 Å². The number of H-pyrrole nitrogens is 1. The number of benzene rings is 2. The van der Waals surface area contributed by atoms with E-state index in [1.54, 1.807) is 11.3 Å². The number of hydrogen-bond donors (Lipinski definition) is 1. The van der Waals surface area contributed by atoms with Crippen LogP contribution in [0.3, 0.4) is 0 Å². The number of nitrogens with zero attached hydrogens (tertiary/aromatic N) is 3. The standard InChI is InChI=1S/C22H18N4OS/c1-2-23-22-26(25-13-16-12-24-18-9-5-4-8-17(16)18)19(14-28-22)21-11-15-7-3-6-10-20(15)27-21/h3-14,24H,2H2,1H3. The Morgan fingerprint density at radius 3 is 2.89 bits per heavy atom. The van der Waals surface area contributed by atoms with Gasteiger partial charge in [0.2, 0.25) is 4.80 Å². The SMILES string of the molecule is CCN=c1scc(-c2cc3ccccc3o2)n1N=Cc1c[nH]c2ccccc12. The molecular formula is C22H18N4OS. The van der Waals surface area contributed by atoms with E-state index in [2.05, 4.69) is 22.1 Å². The van der Waals surface area contributed by atoms with Crippen molar-refractivity contribution >= 4 is 39.4 Å². The average molecular weight is 386 g/mol. The molecule has 0 aliphatic rings. The molecule has 5 aromatic rings. The Hall–Kier alpha value is -3.38. The molecule has 0 atom stereocenters. The lowest BCUT2D eigenvalue weighted by molar-refractivity contribution is 0.621. The minimum absolute atomic E-state index is 0.697. The summed E-state index contributed by atoms with van der Waals surface area (Å²) in [6, 6.07) is 18.2. The Labute approximate surface area is 165 Å². The maximum absolute atomic E-state index is 6.06. The van der Waals surface area contributed by atoms with Crippen molar-refractivity contribution in [3.8, 4) is 11.5 Å². The number of furan rings is 1. The van der Waals surface area contributed by atoms with Gasteiger partial charge in [-0.1, -0.05) is 36.4 Å². The summed E-state index contributed by atoms with van der Waals surface area (Å²) in [6.07, 6.45) is 3.84. The zero-order valence-corrected chi connectivity index (χ0v) is 16.1. The van der Waals surface area contributed by atoms with Crippen LogP contribution in [0.5, 0.6) is 0 Å². The van der Waals surface area contributed by atoms with Crippen molar-refractivity contribution in [1.82, 2.24) is 9.66 Å². The number of aromatic amines is 1. The summed E-state index contributed by atoms with van der Waals surface area (Å²) in [5.74, 6) is 0.783. The van der Waals surface area contributed by atoms with E-state index in [1.165, 1.54) is 0 Å². The second kappa shape index (κ2) is 6.98. The highest BCUT2D eigenvalue weighted by molar-refractivity contribution is 7.07. The second-order valence-electron chi connectivity index (χ2n) is 6.37. The first-order valence-electron chi connectivity index (χ1n) is 9.14. The summed E-state index contributed by atoms with van der Waals surface area (Å²) >= 11 is 1.56. The van der Waals surface area contributed by atoms with E-state index in [-0.39, 0.29) is 0 Å². The number of nitrogens with one attached hydrogen (secondary N) is 1. The summed E-state index contributed by atoms with van der Waals surface area (Å²) in [5.41, 5.74) is 3.89. The predicted molar refractivity (Wildman–Crippen MR) is 115 cm³/mol. The Kier molecular flexibility index (Phi) is 4.18. The van der Waals surface area contributed by atoms with Crippen molar-refractivity contribution in [2.24, 2.45) is 10.1 Å². The maximum Gasteiger partial charge on any atom is 0.206 e. The third-order valence-corrected chi connectivity index (χ3v) is 5.44. The molecule has 0 saturated carbocycles. The molecule has 0 aliphatic carbocycles. The third kappa shape index (κ3) is 2.88. The molecule has 3 aromatic heterocycles. The molecule has 2 aromatic carbocycles. The van der Waals surface area contributed by atoms with Gasteiger partial charge in [-0.05, 0) is 25.1 Å². The second-order valence-corrected chi connectivity index (χ2v) is 7.21. The zero-order chi connectivity index (χ0) is 18.9. The number of para-hydroxylation sites is 2. The van der Waals surface area contributed by atoms with E-state index >= 15 is 0 Å². The molecule has 0 saturated heterocycles. The van der Waals surface area contributed by atoms with Gasteiger partial charge in [-0.25, -0.2) is 4.68 Å². The number of hydrogen-bond acceptors (Lipinski definition) is 4. The fourth-order valence-electron chi connectivity index (χ4n) is 3.25. The molecule has 0 fully saturated rings. The minimum Gasteiger partial charge on any atom is -0.454 e. The highest BCUT2D eigenvalue weighted by Crippen LogP contribution is 2.28. The van der Waals surface area contributed by atoms with Gasteiger partial charge in [0.05, 0.1) is 6.21 Å². The lowest BCUT2D eigenvalue weighted by atomic mass is 10.2. The van der Waals surface area contributed by atoms with Crippen molar-refractivity contribution in [2.45, 2.75) is 6.92 Å². The van der Waals surface area contributed by atoms with Crippen LogP contribution in [0.15, 0.2) is 80.7 Å². The van der Waals surface area contributed by atoms with Crippen LogP contribution in [0.4, 0.5) is 0 Å². The van der Waals surface area contributed by atoms with Crippen molar-refractivity contribution < 1.29 is 4.42 Å². The normalized spacial score (nSPS) is 12.7. The van der Waals surface area contributed by atoms with Crippen LogP contribution in [-0.2, 0) is 0 Å². The number of aromatic nitrogens is 2. The first kappa shape index (κ1) is 16.8.